The maximum Gasteiger partial charge on any atom is 0.134 e. The lowest BCUT2D eigenvalue weighted by Crippen LogP contribution is -2.23. The first-order chi connectivity index (χ1) is 9.76. The second-order valence-corrected chi connectivity index (χ2v) is 5.37. The van der Waals surface area contributed by atoms with E-state index in [0.717, 1.165) is 56.2 Å². The van der Waals surface area contributed by atoms with Gasteiger partial charge in [0.05, 0.1) is 6.10 Å². The highest BCUT2D eigenvalue weighted by molar-refractivity contribution is 5.56. The van der Waals surface area contributed by atoms with Crippen LogP contribution in [0.15, 0.2) is 6.33 Å². The fourth-order valence-corrected chi connectivity index (χ4v) is 2.66. The van der Waals surface area contributed by atoms with E-state index in [9.17, 15) is 0 Å². The Labute approximate surface area is 121 Å². The van der Waals surface area contributed by atoms with E-state index >= 15 is 0 Å². The van der Waals surface area contributed by atoms with Crippen molar-refractivity contribution in [2.45, 2.75) is 46.1 Å². The van der Waals surface area contributed by atoms with E-state index in [4.69, 9.17) is 4.74 Å². The van der Waals surface area contributed by atoms with Crippen LogP contribution in [0.4, 0.5) is 11.6 Å². The zero-order chi connectivity index (χ0) is 14.4. The second-order valence-electron chi connectivity index (χ2n) is 5.37. The highest BCUT2D eigenvalue weighted by Gasteiger charge is 2.26. The van der Waals surface area contributed by atoms with Crippen LogP contribution in [0.3, 0.4) is 0 Å². The van der Waals surface area contributed by atoms with Crippen LogP contribution in [-0.4, -0.2) is 35.8 Å². The molecule has 2 heterocycles. The van der Waals surface area contributed by atoms with Gasteiger partial charge in [-0.1, -0.05) is 13.8 Å². The Balaban J connectivity index is 1.95. The lowest BCUT2D eigenvalue weighted by atomic mass is 10.00. The molecule has 0 radical (unpaired) electrons. The third kappa shape index (κ3) is 3.60. The highest BCUT2D eigenvalue weighted by atomic mass is 16.5. The molecule has 1 aliphatic heterocycles. The number of hydrogen-bond donors (Lipinski definition) is 2. The lowest BCUT2D eigenvalue weighted by molar-refractivity contribution is 0.0900. The molecule has 1 aliphatic rings. The van der Waals surface area contributed by atoms with Crippen molar-refractivity contribution in [3.8, 4) is 0 Å². The van der Waals surface area contributed by atoms with Crippen LogP contribution in [0.5, 0.6) is 0 Å². The van der Waals surface area contributed by atoms with Crippen molar-refractivity contribution in [1.29, 1.82) is 0 Å². The van der Waals surface area contributed by atoms with Gasteiger partial charge in [-0.3, -0.25) is 0 Å². The lowest BCUT2D eigenvalue weighted by Gasteiger charge is -2.19. The Kier molecular flexibility index (Phi) is 5.59. The number of nitrogens with one attached hydrogen (secondary N) is 2. The summed E-state index contributed by atoms with van der Waals surface area (Å²) in [6.07, 6.45) is 5.32. The van der Waals surface area contributed by atoms with Gasteiger partial charge in [0.25, 0.3) is 0 Å². The standard InChI is InChI=1S/C15H26N4O/c1-4-7-16-14-11(3)15(19-10-18-14)17-9-12-6-8-20-13(12)5-2/h10,12-13H,4-9H2,1-3H3,(H2,16,17,18,19). The van der Waals surface area contributed by atoms with E-state index in [1.807, 2.05) is 0 Å². The number of nitrogens with zero attached hydrogens (tertiary/aromatic N) is 2. The van der Waals surface area contributed by atoms with Crippen LogP contribution in [0.2, 0.25) is 0 Å². The average molecular weight is 278 g/mol. The van der Waals surface area contributed by atoms with Crippen LogP contribution in [0.1, 0.15) is 38.7 Å². The maximum atomic E-state index is 5.73. The molecular weight excluding hydrogens is 252 g/mol. The average Bonchev–Trinajstić information content (AvgIpc) is 2.92. The summed E-state index contributed by atoms with van der Waals surface area (Å²) in [5.74, 6) is 2.45. The van der Waals surface area contributed by atoms with E-state index in [-0.39, 0.29) is 0 Å². The Morgan fingerprint density at radius 2 is 2.00 bits per heavy atom. The molecule has 1 saturated heterocycles. The first kappa shape index (κ1) is 15.0. The van der Waals surface area contributed by atoms with Gasteiger partial charge in [-0.15, -0.1) is 0 Å². The molecule has 0 aromatic carbocycles. The third-order valence-corrected chi connectivity index (χ3v) is 3.91. The summed E-state index contributed by atoms with van der Waals surface area (Å²) < 4.78 is 5.73. The summed E-state index contributed by atoms with van der Waals surface area (Å²) in [7, 11) is 0. The number of ether oxygens (including phenoxy) is 1. The normalized spacial score (nSPS) is 21.9. The Bertz CT molecular complexity index is 424. The molecule has 0 amide bonds. The van der Waals surface area contributed by atoms with Crippen LogP contribution in [0, 0.1) is 12.8 Å². The number of rotatable bonds is 7. The SMILES string of the molecule is CCCNc1ncnc(NCC2CCOC2CC)c1C. The smallest absolute Gasteiger partial charge is 0.134 e. The van der Waals surface area contributed by atoms with Crippen LogP contribution < -0.4 is 10.6 Å². The van der Waals surface area contributed by atoms with E-state index in [1.54, 1.807) is 6.33 Å². The fraction of sp³-hybridized carbons (Fsp3) is 0.733. The van der Waals surface area contributed by atoms with Crippen LogP contribution in [0.25, 0.3) is 0 Å². The molecule has 1 fully saturated rings. The quantitative estimate of drug-likeness (QED) is 0.803. The molecule has 0 bridgehead atoms. The number of anilines is 2. The minimum absolute atomic E-state index is 0.391. The van der Waals surface area contributed by atoms with Crippen molar-refractivity contribution in [2.24, 2.45) is 5.92 Å². The minimum atomic E-state index is 0.391. The molecule has 112 valence electrons. The molecular formula is C15H26N4O. The van der Waals surface area contributed by atoms with Crippen LogP contribution >= 0.6 is 0 Å². The Morgan fingerprint density at radius 3 is 2.70 bits per heavy atom. The topological polar surface area (TPSA) is 59.1 Å². The van der Waals surface area contributed by atoms with E-state index in [0.29, 0.717) is 12.0 Å². The number of aromatic nitrogens is 2. The predicted molar refractivity (Wildman–Crippen MR) is 82.2 cm³/mol. The molecule has 0 saturated carbocycles. The highest BCUT2D eigenvalue weighted by Crippen LogP contribution is 2.25. The molecule has 1 aromatic heterocycles. The van der Waals surface area contributed by atoms with Gasteiger partial charge in [0.15, 0.2) is 0 Å². The van der Waals surface area contributed by atoms with Gasteiger partial charge in [0.1, 0.15) is 18.0 Å². The Hall–Kier alpha value is -1.36. The van der Waals surface area contributed by atoms with Gasteiger partial charge < -0.3 is 15.4 Å². The molecule has 2 N–H and O–H groups in total. The second kappa shape index (κ2) is 7.43. The summed E-state index contributed by atoms with van der Waals surface area (Å²) in [6.45, 7) is 9.13. The minimum Gasteiger partial charge on any atom is -0.378 e. The predicted octanol–water partition coefficient (Wildman–Crippen LogP) is 2.83. The molecule has 2 unspecified atom stereocenters. The summed E-state index contributed by atoms with van der Waals surface area (Å²) in [4.78, 5) is 8.66. The summed E-state index contributed by atoms with van der Waals surface area (Å²) in [5.41, 5.74) is 1.09. The van der Waals surface area contributed by atoms with Crippen molar-refractivity contribution in [1.82, 2.24) is 9.97 Å². The Morgan fingerprint density at radius 1 is 1.25 bits per heavy atom. The summed E-state index contributed by atoms with van der Waals surface area (Å²) >= 11 is 0. The van der Waals surface area contributed by atoms with Gasteiger partial charge in [-0.2, -0.15) is 0 Å². The first-order valence-electron chi connectivity index (χ1n) is 7.67. The monoisotopic (exact) mass is 278 g/mol. The van der Waals surface area contributed by atoms with E-state index < -0.39 is 0 Å². The number of hydrogen-bond acceptors (Lipinski definition) is 5. The van der Waals surface area contributed by atoms with Crippen molar-refractivity contribution in [3.63, 3.8) is 0 Å². The third-order valence-electron chi connectivity index (χ3n) is 3.91. The largest absolute Gasteiger partial charge is 0.378 e. The molecule has 20 heavy (non-hydrogen) atoms. The van der Waals surface area contributed by atoms with Crippen LogP contribution in [-0.2, 0) is 4.74 Å². The molecule has 2 atom stereocenters. The summed E-state index contributed by atoms with van der Waals surface area (Å²) in [5, 5.41) is 6.80. The van der Waals surface area contributed by atoms with Gasteiger partial charge in [-0.05, 0) is 26.2 Å². The molecule has 1 aromatic rings. The molecule has 2 rings (SSSR count). The summed E-state index contributed by atoms with van der Waals surface area (Å²) in [6, 6.07) is 0. The fourth-order valence-electron chi connectivity index (χ4n) is 2.66. The zero-order valence-electron chi connectivity index (χ0n) is 12.8. The molecule has 0 aliphatic carbocycles. The van der Waals surface area contributed by atoms with Crippen molar-refractivity contribution in [3.05, 3.63) is 11.9 Å². The van der Waals surface area contributed by atoms with E-state index in [2.05, 4.69) is 41.4 Å². The van der Waals surface area contributed by atoms with Gasteiger partial charge in [-0.25, -0.2) is 9.97 Å². The van der Waals surface area contributed by atoms with Crippen molar-refractivity contribution in [2.75, 3.05) is 30.3 Å². The van der Waals surface area contributed by atoms with Gasteiger partial charge in [0, 0.05) is 31.2 Å². The first-order valence-corrected chi connectivity index (χ1v) is 7.67. The molecule has 5 heteroatoms. The van der Waals surface area contributed by atoms with Crippen molar-refractivity contribution >= 4 is 11.6 Å². The zero-order valence-corrected chi connectivity index (χ0v) is 12.8. The van der Waals surface area contributed by atoms with Crippen molar-refractivity contribution < 1.29 is 4.74 Å². The maximum absolute atomic E-state index is 5.73. The molecule has 5 nitrogen and oxygen atoms in total. The van der Waals surface area contributed by atoms with Gasteiger partial charge >= 0.3 is 0 Å². The van der Waals surface area contributed by atoms with E-state index in [1.165, 1.54) is 0 Å². The van der Waals surface area contributed by atoms with Gasteiger partial charge in [0.2, 0.25) is 0 Å². The molecule has 0 spiro atoms.